The van der Waals surface area contributed by atoms with Gasteiger partial charge in [0.1, 0.15) is 0 Å². The SMILES string of the molecule is O=C1C(=O)N(C[NH+]2CCN(c3ncccn3)CC2)C(=O)N1CCc1cccs1. The molecule has 2 saturated heterocycles. The van der Waals surface area contributed by atoms with Gasteiger partial charge in [0.15, 0.2) is 6.67 Å². The summed E-state index contributed by atoms with van der Waals surface area (Å²) in [5.74, 6) is -0.764. The first-order chi connectivity index (χ1) is 13.6. The molecule has 0 aliphatic carbocycles. The minimum atomic E-state index is -0.725. The molecule has 0 atom stereocenters. The molecule has 0 aromatic carbocycles. The van der Waals surface area contributed by atoms with E-state index < -0.39 is 17.8 Å². The van der Waals surface area contributed by atoms with E-state index in [1.807, 2.05) is 17.5 Å². The molecule has 2 aliphatic heterocycles. The zero-order valence-corrected chi connectivity index (χ0v) is 16.1. The number of aromatic nitrogens is 2. The smallest absolute Gasteiger partial charge is 0.330 e. The molecular weight excluding hydrogens is 380 g/mol. The summed E-state index contributed by atoms with van der Waals surface area (Å²) in [4.78, 5) is 52.1. The molecule has 4 heterocycles. The number of quaternary nitrogens is 1. The fourth-order valence-corrected chi connectivity index (χ4v) is 4.12. The van der Waals surface area contributed by atoms with Gasteiger partial charge in [-0.05, 0) is 17.5 Å². The first-order valence-electron chi connectivity index (χ1n) is 9.18. The van der Waals surface area contributed by atoms with E-state index in [0.717, 1.165) is 45.8 Å². The second-order valence-electron chi connectivity index (χ2n) is 6.75. The molecule has 28 heavy (non-hydrogen) atoms. The number of nitrogens with one attached hydrogen (secondary N) is 1. The predicted molar refractivity (Wildman–Crippen MR) is 102 cm³/mol. The highest BCUT2D eigenvalue weighted by Crippen LogP contribution is 2.15. The second-order valence-corrected chi connectivity index (χ2v) is 7.78. The summed E-state index contributed by atoms with van der Waals surface area (Å²) in [5.41, 5.74) is 0. The molecule has 4 rings (SSSR count). The van der Waals surface area contributed by atoms with E-state index in [4.69, 9.17) is 0 Å². The Labute approximate surface area is 166 Å². The van der Waals surface area contributed by atoms with Crippen molar-refractivity contribution in [2.24, 2.45) is 0 Å². The van der Waals surface area contributed by atoms with Crippen molar-refractivity contribution in [3.05, 3.63) is 40.8 Å². The van der Waals surface area contributed by atoms with Gasteiger partial charge in [0.2, 0.25) is 5.95 Å². The van der Waals surface area contributed by atoms with Crippen molar-refractivity contribution in [3.63, 3.8) is 0 Å². The first-order valence-corrected chi connectivity index (χ1v) is 10.1. The van der Waals surface area contributed by atoms with E-state index in [1.54, 1.807) is 29.8 Å². The van der Waals surface area contributed by atoms with Crippen molar-refractivity contribution in [3.8, 4) is 0 Å². The minimum Gasteiger partial charge on any atom is -0.330 e. The largest absolute Gasteiger partial charge is 0.338 e. The predicted octanol–water partition coefficient (Wildman–Crippen LogP) is -0.766. The molecule has 2 fully saturated rings. The Hall–Kier alpha value is -2.85. The van der Waals surface area contributed by atoms with Crippen molar-refractivity contribution in [1.82, 2.24) is 19.8 Å². The molecule has 2 aromatic rings. The summed E-state index contributed by atoms with van der Waals surface area (Å²) < 4.78 is 0. The molecule has 10 heteroatoms. The van der Waals surface area contributed by atoms with Crippen LogP contribution in [0.5, 0.6) is 0 Å². The van der Waals surface area contributed by atoms with Crippen LogP contribution in [-0.4, -0.2) is 77.0 Å². The van der Waals surface area contributed by atoms with Gasteiger partial charge in [-0.15, -0.1) is 11.3 Å². The van der Waals surface area contributed by atoms with Gasteiger partial charge in [-0.25, -0.2) is 19.7 Å². The van der Waals surface area contributed by atoms with Crippen LogP contribution in [0.2, 0.25) is 0 Å². The van der Waals surface area contributed by atoms with Crippen LogP contribution in [0.1, 0.15) is 4.88 Å². The second kappa shape index (κ2) is 8.03. The number of hydrogen-bond acceptors (Lipinski definition) is 7. The Morgan fingerprint density at radius 3 is 2.39 bits per heavy atom. The Kier molecular flexibility index (Phi) is 5.31. The summed E-state index contributed by atoms with van der Waals surface area (Å²) >= 11 is 1.57. The summed E-state index contributed by atoms with van der Waals surface area (Å²) in [6, 6.07) is 5.15. The third-order valence-corrected chi connectivity index (χ3v) is 5.92. The average Bonchev–Trinajstić information content (AvgIpc) is 3.32. The van der Waals surface area contributed by atoms with Crippen molar-refractivity contribution in [2.45, 2.75) is 6.42 Å². The minimum absolute atomic E-state index is 0.211. The van der Waals surface area contributed by atoms with Crippen molar-refractivity contribution < 1.29 is 19.3 Å². The van der Waals surface area contributed by atoms with Crippen LogP contribution in [0, 0.1) is 0 Å². The zero-order chi connectivity index (χ0) is 19.5. The number of amides is 4. The topological polar surface area (TPSA) is 91.1 Å². The van der Waals surface area contributed by atoms with Crippen LogP contribution in [0.15, 0.2) is 36.0 Å². The molecule has 0 radical (unpaired) electrons. The van der Waals surface area contributed by atoms with E-state index in [2.05, 4.69) is 14.9 Å². The fourth-order valence-electron chi connectivity index (χ4n) is 3.42. The summed E-state index contributed by atoms with van der Waals surface area (Å²) in [7, 11) is 0. The number of thiophene rings is 1. The normalized spacial score (nSPS) is 18.4. The molecule has 0 bridgehead atoms. The van der Waals surface area contributed by atoms with Crippen LogP contribution in [-0.2, 0) is 16.0 Å². The standard InChI is InChI=1S/C18H20N6O3S/c25-15-16(26)24(18(27)23(15)7-4-14-3-1-12-28-14)13-21-8-10-22(11-9-21)17-19-5-2-6-20-17/h1-3,5-6,12H,4,7-11,13H2/p+1. The number of hydrogen-bond donors (Lipinski definition) is 1. The summed E-state index contributed by atoms with van der Waals surface area (Å²) in [5, 5.41) is 1.95. The van der Waals surface area contributed by atoms with Gasteiger partial charge >= 0.3 is 17.8 Å². The van der Waals surface area contributed by atoms with Gasteiger partial charge in [0.25, 0.3) is 0 Å². The Morgan fingerprint density at radius 1 is 1.00 bits per heavy atom. The number of piperazine rings is 1. The van der Waals surface area contributed by atoms with Crippen LogP contribution >= 0.6 is 11.3 Å². The van der Waals surface area contributed by atoms with Gasteiger partial charge in [0, 0.05) is 30.2 Å². The van der Waals surface area contributed by atoms with Crippen LogP contribution < -0.4 is 9.80 Å². The molecular formula is C18H21N6O3S+. The molecule has 9 nitrogen and oxygen atoms in total. The molecule has 2 aliphatic rings. The highest BCUT2D eigenvalue weighted by Gasteiger charge is 2.46. The quantitative estimate of drug-likeness (QED) is 0.505. The van der Waals surface area contributed by atoms with Crippen molar-refractivity contribution in [2.75, 3.05) is 44.3 Å². The number of anilines is 1. The van der Waals surface area contributed by atoms with E-state index in [1.165, 1.54) is 0 Å². The zero-order valence-electron chi connectivity index (χ0n) is 15.3. The fraction of sp³-hybridized carbons (Fsp3) is 0.389. The van der Waals surface area contributed by atoms with Crippen LogP contribution in [0.3, 0.4) is 0 Å². The lowest BCUT2D eigenvalue weighted by molar-refractivity contribution is -0.907. The molecule has 0 unspecified atom stereocenters. The van der Waals surface area contributed by atoms with Crippen molar-refractivity contribution in [1.29, 1.82) is 0 Å². The number of urea groups is 1. The summed E-state index contributed by atoms with van der Waals surface area (Å²) in [6.07, 6.45) is 3.98. The lowest BCUT2D eigenvalue weighted by atomic mass is 10.3. The van der Waals surface area contributed by atoms with E-state index >= 15 is 0 Å². The molecule has 146 valence electrons. The van der Waals surface area contributed by atoms with Crippen LogP contribution in [0.25, 0.3) is 0 Å². The Morgan fingerprint density at radius 2 is 1.71 bits per heavy atom. The molecule has 0 saturated carbocycles. The molecule has 4 amide bonds. The van der Waals surface area contributed by atoms with Crippen LogP contribution in [0.4, 0.5) is 10.7 Å². The highest BCUT2D eigenvalue weighted by atomic mass is 32.1. The van der Waals surface area contributed by atoms with Gasteiger partial charge in [0.05, 0.1) is 26.2 Å². The Balaban J connectivity index is 1.32. The lowest BCUT2D eigenvalue weighted by Crippen LogP contribution is -3.16. The first kappa shape index (κ1) is 18.5. The highest BCUT2D eigenvalue weighted by molar-refractivity contribution is 7.09. The lowest BCUT2D eigenvalue weighted by Gasteiger charge is -2.33. The van der Waals surface area contributed by atoms with Crippen molar-refractivity contribution >= 4 is 35.1 Å². The van der Waals surface area contributed by atoms with E-state index in [-0.39, 0.29) is 13.2 Å². The molecule has 2 aromatic heterocycles. The summed E-state index contributed by atoms with van der Waals surface area (Å²) in [6.45, 7) is 3.37. The molecule has 0 spiro atoms. The van der Waals surface area contributed by atoms with Gasteiger partial charge < -0.3 is 9.80 Å². The Bertz CT molecular complexity index is 851. The maximum atomic E-state index is 12.6. The third-order valence-electron chi connectivity index (χ3n) is 4.98. The number of rotatable bonds is 6. The molecule has 1 N–H and O–H groups in total. The maximum absolute atomic E-state index is 12.6. The van der Waals surface area contributed by atoms with E-state index in [9.17, 15) is 14.4 Å². The number of imide groups is 2. The van der Waals surface area contributed by atoms with Gasteiger partial charge in [-0.1, -0.05) is 6.07 Å². The third kappa shape index (κ3) is 3.73. The van der Waals surface area contributed by atoms with Gasteiger partial charge in [-0.2, -0.15) is 0 Å². The maximum Gasteiger partial charge on any atom is 0.338 e. The average molecular weight is 401 g/mol. The number of carbonyl (C=O) groups excluding carboxylic acids is 3. The van der Waals surface area contributed by atoms with Gasteiger partial charge in [-0.3, -0.25) is 14.5 Å². The monoisotopic (exact) mass is 401 g/mol. The number of nitrogens with zero attached hydrogens (tertiary/aromatic N) is 5. The number of carbonyl (C=O) groups is 3. The van der Waals surface area contributed by atoms with E-state index in [0.29, 0.717) is 12.4 Å².